The molecule has 0 aromatic rings. The Morgan fingerprint density at radius 2 is 2.00 bits per heavy atom. The first-order valence-electron chi connectivity index (χ1n) is 5.21. The number of thioether (sulfide) groups is 1. The molecule has 1 aliphatic heterocycles. The molecule has 0 spiro atoms. The maximum absolute atomic E-state index is 11.3. The molecular weight excluding hydrogens is 232 g/mol. The van der Waals surface area contributed by atoms with Crippen molar-refractivity contribution in [3.8, 4) is 0 Å². The third kappa shape index (κ3) is 4.72. The molecular formula is C9H20N2O2S2. The summed E-state index contributed by atoms with van der Waals surface area (Å²) < 4.78 is 24.1. The molecule has 15 heavy (non-hydrogen) atoms. The van der Waals surface area contributed by atoms with Crippen molar-refractivity contribution in [3.63, 3.8) is 0 Å². The number of hydrogen-bond donors (Lipinski definition) is 1. The molecule has 1 aliphatic rings. The van der Waals surface area contributed by atoms with E-state index < -0.39 is 10.0 Å². The Kier molecular flexibility index (Phi) is 5.38. The van der Waals surface area contributed by atoms with Crippen LogP contribution >= 0.6 is 11.8 Å². The number of nitrogens with one attached hydrogen (secondary N) is 1. The van der Waals surface area contributed by atoms with Gasteiger partial charge in [0.25, 0.3) is 0 Å². The molecule has 0 aromatic carbocycles. The van der Waals surface area contributed by atoms with Gasteiger partial charge in [0.15, 0.2) is 0 Å². The van der Waals surface area contributed by atoms with Crippen molar-refractivity contribution >= 4 is 21.8 Å². The van der Waals surface area contributed by atoms with Gasteiger partial charge in [0.05, 0.1) is 6.26 Å². The van der Waals surface area contributed by atoms with Crippen molar-refractivity contribution in [2.45, 2.75) is 18.9 Å². The standard InChI is InChI=1S/C9H20N2O2S2/c1-14-8-5-10-9-3-6-11(7-4-9)15(2,12)13/h9-10H,3-8H2,1-2H3. The molecule has 1 saturated heterocycles. The van der Waals surface area contributed by atoms with Crippen LogP contribution in [0.1, 0.15) is 12.8 Å². The molecule has 1 heterocycles. The minimum atomic E-state index is -2.97. The monoisotopic (exact) mass is 252 g/mol. The molecule has 0 aliphatic carbocycles. The van der Waals surface area contributed by atoms with E-state index in [-0.39, 0.29) is 0 Å². The third-order valence-corrected chi connectivity index (χ3v) is 4.58. The van der Waals surface area contributed by atoms with Crippen LogP contribution in [0.3, 0.4) is 0 Å². The van der Waals surface area contributed by atoms with Gasteiger partial charge in [0.1, 0.15) is 0 Å². The Hall–Kier alpha value is 0.220. The number of nitrogens with zero attached hydrogens (tertiary/aromatic N) is 1. The van der Waals surface area contributed by atoms with E-state index in [2.05, 4.69) is 11.6 Å². The van der Waals surface area contributed by atoms with Gasteiger partial charge in [0, 0.05) is 31.4 Å². The highest BCUT2D eigenvalue weighted by Gasteiger charge is 2.24. The van der Waals surface area contributed by atoms with Gasteiger partial charge >= 0.3 is 0 Å². The van der Waals surface area contributed by atoms with Gasteiger partial charge < -0.3 is 5.32 Å². The van der Waals surface area contributed by atoms with Gasteiger partial charge in [-0.25, -0.2) is 12.7 Å². The zero-order valence-corrected chi connectivity index (χ0v) is 11.0. The quantitative estimate of drug-likeness (QED) is 0.718. The molecule has 0 saturated carbocycles. The molecule has 90 valence electrons. The Bertz CT molecular complexity index is 272. The van der Waals surface area contributed by atoms with E-state index in [1.807, 2.05) is 11.8 Å². The summed E-state index contributed by atoms with van der Waals surface area (Å²) in [6.07, 6.45) is 5.24. The number of piperidine rings is 1. The lowest BCUT2D eigenvalue weighted by atomic mass is 10.1. The normalized spacial score (nSPS) is 20.7. The maximum atomic E-state index is 11.3. The highest BCUT2D eigenvalue weighted by atomic mass is 32.2. The summed E-state index contributed by atoms with van der Waals surface area (Å²) in [5.41, 5.74) is 0. The van der Waals surface area contributed by atoms with Crippen LogP contribution in [0.25, 0.3) is 0 Å². The van der Waals surface area contributed by atoms with Crippen LogP contribution < -0.4 is 5.32 Å². The summed E-state index contributed by atoms with van der Waals surface area (Å²) >= 11 is 1.83. The third-order valence-electron chi connectivity index (χ3n) is 2.66. The van der Waals surface area contributed by atoms with Crippen LogP contribution in [0.15, 0.2) is 0 Å². The van der Waals surface area contributed by atoms with Crippen molar-refractivity contribution in [1.29, 1.82) is 0 Å². The Morgan fingerprint density at radius 1 is 1.40 bits per heavy atom. The fourth-order valence-electron chi connectivity index (χ4n) is 1.76. The first-order chi connectivity index (χ1) is 7.04. The van der Waals surface area contributed by atoms with Crippen LogP contribution in [-0.2, 0) is 10.0 Å². The average Bonchev–Trinajstić information content (AvgIpc) is 2.18. The second-order valence-electron chi connectivity index (χ2n) is 3.88. The van der Waals surface area contributed by atoms with Crippen molar-refractivity contribution < 1.29 is 8.42 Å². The molecule has 0 bridgehead atoms. The number of rotatable bonds is 5. The van der Waals surface area contributed by atoms with Gasteiger partial charge in [-0.05, 0) is 19.1 Å². The molecule has 0 unspecified atom stereocenters. The average molecular weight is 252 g/mol. The Balaban J connectivity index is 2.24. The minimum absolute atomic E-state index is 0.496. The fraction of sp³-hybridized carbons (Fsp3) is 1.00. The van der Waals surface area contributed by atoms with Gasteiger partial charge in [-0.15, -0.1) is 0 Å². The molecule has 1 N–H and O–H groups in total. The molecule has 1 rings (SSSR count). The van der Waals surface area contributed by atoms with E-state index in [1.54, 1.807) is 4.31 Å². The van der Waals surface area contributed by atoms with Crippen LogP contribution in [0.5, 0.6) is 0 Å². The summed E-state index contributed by atoms with van der Waals surface area (Å²) in [6.45, 7) is 2.34. The van der Waals surface area contributed by atoms with Gasteiger partial charge in [-0.2, -0.15) is 11.8 Å². The SMILES string of the molecule is CSCCNC1CCN(S(C)(=O)=O)CC1. The lowest BCUT2D eigenvalue weighted by Crippen LogP contribution is -2.44. The molecule has 0 radical (unpaired) electrons. The Morgan fingerprint density at radius 3 is 2.47 bits per heavy atom. The summed E-state index contributed by atoms with van der Waals surface area (Å²) in [5, 5.41) is 3.45. The first-order valence-corrected chi connectivity index (χ1v) is 8.45. The van der Waals surface area contributed by atoms with Crippen molar-refractivity contribution in [1.82, 2.24) is 9.62 Å². The molecule has 0 amide bonds. The predicted molar refractivity (Wildman–Crippen MR) is 65.8 cm³/mol. The lowest BCUT2D eigenvalue weighted by Gasteiger charge is -2.30. The van der Waals surface area contributed by atoms with E-state index in [4.69, 9.17) is 0 Å². The molecule has 0 aromatic heterocycles. The molecule has 6 heteroatoms. The minimum Gasteiger partial charge on any atom is -0.313 e. The van der Waals surface area contributed by atoms with Gasteiger partial charge in [0.2, 0.25) is 10.0 Å². The van der Waals surface area contributed by atoms with Gasteiger partial charge in [-0.3, -0.25) is 0 Å². The van der Waals surface area contributed by atoms with E-state index >= 15 is 0 Å². The maximum Gasteiger partial charge on any atom is 0.211 e. The largest absolute Gasteiger partial charge is 0.313 e. The highest BCUT2D eigenvalue weighted by Crippen LogP contribution is 2.12. The highest BCUT2D eigenvalue weighted by molar-refractivity contribution is 7.98. The molecule has 0 atom stereocenters. The molecule has 1 fully saturated rings. The number of sulfonamides is 1. The van der Waals surface area contributed by atoms with Crippen LogP contribution in [-0.4, -0.2) is 56.7 Å². The number of hydrogen-bond acceptors (Lipinski definition) is 4. The predicted octanol–water partition coefficient (Wildman–Crippen LogP) is 0.363. The molecule has 4 nitrogen and oxygen atoms in total. The summed E-state index contributed by atoms with van der Waals surface area (Å²) in [6, 6.07) is 0.496. The summed E-state index contributed by atoms with van der Waals surface area (Å²) in [5.74, 6) is 1.12. The first kappa shape index (κ1) is 13.3. The van der Waals surface area contributed by atoms with E-state index in [9.17, 15) is 8.42 Å². The summed E-state index contributed by atoms with van der Waals surface area (Å²) in [4.78, 5) is 0. The topological polar surface area (TPSA) is 49.4 Å². The lowest BCUT2D eigenvalue weighted by molar-refractivity contribution is 0.294. The van der Waals surface area contributed by atoms with Crippen LogP contribution in [0.2, 0.25) is 0 Å². The van der Waals surface area contributed by atoms with Crippen molar-refractivity contribution in [2.24, 2.45) is 0 Å². The fourth-order valence-corrected chi connectivity index (χ4v) is 2.95. The van der Waals surface area contributed by atoms with Crippen molar-refractivity contribution in [3.05, 3.63) is 0 Å². The summed E-state index contributed by atoms with van der Waals surface area (Å²) in [7, 11) is -2.97. The zero-order valence-electron chi connectivity index (χ0n) is 9.40. The van der Waals surface area contributed by atoms with Crippen molar-refractivity contribution in [2.75, 3.05) is 37.9 Å². The van der Waals surface area contributed by atoms with E-state index in [0.29, 0.717) is 19.1 Å². The zero-order chi connectivity index (χ0) is 11.3. The second kappa shape index (κ2) is 6.08. The van der Waals surface area contributed by atoms with E-state index in [0.717, 1.165) is 25.1 Å². The van der Waals surface area contributed by atoms with Crippen LogP contribution in [0.4, 0.5) is 0 Å². The van der Waals surface area contributed by atoms with Crippen LogP contribution in [0, 0.1) is 0 Å². The Labute approximate surface area is 96.8 Å². The smallest absolute Gasteiger partial charge is 0.211 e. The van der Waals surface area contributed by atoms with Gasteiger partial charge in [-0.1, -0.05) is 0 Å². The van der Waals surface area contributed by atoms with E-state index in [1.165, 1.54) is 6.26 Å². The second-order valence-corrected chi connectivity index (χ2v) is 6.85.